The normalized spacial score (nSPS) is 12.9. The molecule has 0 unspecified atom stereocenters. The van der Waals surface area contributed by atoms with Crippen molar-refractivity contribution in [3.63, 3.8) is 0 Å². The van der Waals surface area contributed by atoms with Crippen molar-refractivity contribution in [1.29, 1.82) is 0 Å². The quantitative estimate of drug-likeness (QED) is 0.186. The molecule has 1 aliphatic carbocycles. The lowest BCUT2D eigenvalue weighted by Gasteiger charge is -2.16. The van der Waals surface area contributed by atoms with E-state index >= 15 is 0 Å². The summed E-state index contributed by atoms with van der Waals surface area (Å²) < 4.78 is 7.17. The number of pyridine rings is 1. The molecule has 1 aliphatic rings. The Balaban J connectivity index is 1.16. The van der Waals surface area contributed by atoms with Crippen LogP contribution in [0.25, 0.3) is 89.0 Å². The lowest BCUT2D eigenvalue weighted by atomic mass is 10.0. The first kappa shape index (κ1) is 28.2. The fourth-order valence-electron chi connectivity index (χ4n) is 8.51. The summed E-state index contributed by atoms with van der Waals surface area (Å²) in [7, 11) is 0. The molecule has 0 amide bonds. The summed E-state index contributed by atoms with van der Waals surface area (Å²) in [6.07, 6.45) is 6.69. The highest BCUT2D eigenvalue weighted by atomic mass is 15.1. The maximum Gasteiger partial charge on any atom is 0.140 e. The van der Waals surface area contributed by atoms with Gasteiger partial charge in [0.15, 0.2) is 0 Å². The van der Waals surface area contributed by atoms with E-state index in [0.717, 1.165) is 46.6 Å². The highest BCUT2D eigenvalue weighted by Gasteiger charge is 2.20. The van der Waals surface area contributed by atoms with Gasteiger partial charge in [0.1, 0.15) is 5.82 Å². The first-order chi connectivity index (χ1) is 25.3. The molecule has 0 atom stereocenters. The van der Waals surface area contributed by atoms with Gasteiger partial charge in [0.05, 0.1) is 39.0 Å². The van der Waals surface area contributed by atoms with Gasteiger partial charge in [0, 0.05) is 55.5 Å². The summed E-state index contributed by atoms with van der Waals surface area (Å²) in [5, 5.41) is 6.24. The molecule has 10 aromatic rings. The average molecular weight is 653 g/mol. The molecule has 0 aliphatic heterocycles. The Morgan fingerprint density at radius 1 is 0.431 bits per heavy atom. The van der Waals surface area contributed by atoms with E-state index in [1.165, 1.54) is 60.4 Å². The molecule has 0 fully saturated rings. The van der Waals surface area contributed by atoms with Gasteiger partial charge < -0.3 is 9.13 Å². The molecule has 0 saturated heterocycles. The van der Waals surface area contributed by atoms with E-state index in [1.807, 2.05) is 0 Å². The van der Waals surface area contributed by atoms with Crippen molar-refractivity contribution < 1.29 is 0 Å². The number of hydrogen-bond acceptors (Lipinski definition) is 1. The van der Waals surface area contributed by atoms with Crippen LogP contribution in [0.4, 0.5) is 0 Å². The summed E-state index contributed by atoms with van der Waals surface area (Å²) in [5.41, 5.74) is 12.9. The Morgan fingerprint density at radius 2 is 0.922 bits per heavy atom. The van der Waals surface area contributed by atoms with E-state index in [-0.39, 0.29) is 0 Å². The molecule has 0 saturated carbocycles. The molecule has 6 aromatic carbocycles. The zero-order valence-electron chi connectivity index (χ0n) is 27.9. The second-order valence-electron chi connectivity index (χ2n) is 13.5. The summed E-state index contributed by atoms with van der Waals surface area (Å²) in [6.45, 7) is 0. The number of para-hydroxylation sites is 5. The van der Waals surface area contributed by atoms with Crippen LogP contribution in [0.3, 0.4) is 0 Å². The Kier molecular flexibility index (Phi) is 6.05. The molecule has 0 bridgehead atoms. The van der Waals surface area contributed by atoms with Gasteiger partial charge in [0.25, 0.3) is 0 Å². The zero-order chi connectivity index (χ0) is 33.5. The number of benzene rings is 6. The van der Waals surface area contributed by atoms with Crippen molar-refractivity contribution in [1.82, 2.24) is 18.7 Å². The second-order valence-corrected chi connectivity index (χ2v) is 13.5. The molecule has 4 nitrogen and oxygen atoms in total. The van der Waals surface area contributed by atoms with E-state index in [0.29, 0.717) is 0 Å². The molecule has 51 heavy (non-hydrogen) atoms. The van der Waals surface area contributed by atoms with E-state index in [4.69, 9.17) is 4.98 Å². The molecule has 11 rings (SSSR count). The van der Waals surface area contributed by atoms with Crippen molar-refractivity contribution in [2.45, 2.75) is 12.8 Å². The maximum atomic E-state index is 5.46. The minimum absolute atomic E-state index is 0.892. The van der Waals surface area contributed by atoms with Gasteiger partial charge >= 0.3 is 0 Å². The van der Waals surface area contributed by atoms with Gasteiger partial charge in [-0.3, -0.25) is 4.57 Å². The van der Waals surface area contributed by atoms with E-state index < -0.39 is 0 Å². The fourth-order valence-corrected chi connectivity index (χ4v) is 8.51. The van der Waals surface area contributed by atoms with Gasteiger partial charge in [-0.2, -0.15) is 0 Å². The molecule has 4 aromatic heterocycles. The van der Waals surface area contributed by atoms with Crippen LogP contribution in [0.15, 0.2) is 164 Å². The van der Waals surface area contributed by atoms with Crippen LogP contribution in [0.1, 0.15) is 17.7 Å². The van der Waals surface area contributed by atoms with Crippen LogP contribution < -0.4 is 0 Å². The monoisotopic (exact) mass is 652 g/mol. The molecular formula is C47H32N4. The zero-order valence-corrected chi connectivity index (χ0v) is 27.9. The van der Waals surface area contributed by atoms with Crippen LogP contribution in [0, 0.1) is 0 Å². The molecule has 4 heterocycles. The number of rotatable bonds is 4. The first-order valence-corrected chi connectivity index (χ1v) is 17.7. The van der Waals surface area contributed by atoms with Crippen LogP contribution in [0.5, 0.6) is 0 Å². The summed E-state index contributed by atoms with van der Waals surface area (Å²) in [6, 6.07) is 57.0. The third-order valence-electron chi connectivity index (χ3n) is 10.7. The van der Waals surface area contributed by atoms with Crippen molar-refractivity contribution in [2.24, 2.45) is 0 Å². The average Bonchev–Trinajstić information content (AvgIpc) is 3.84. The Morgan fingerprint density at radius 3 is 1.49 bits per heavy atom. The minimum Gasteiger partial charge on any atom is -0.313 e. The lowest BCUT2D eigenvalue weighted by molar-refractivity contribution is 0.888. The topological polar surface area (TPSA) is 27.7 Å². The number of allylic oxidation sites excluding steroid dienone is 1. The summed E-state index contributed by atoms with van der Waals surface area (Å²) in [4.78, 5) is 5.46. The summed E-state index contributed by atoms with van der Waals surface area (Å²) in [5.74, 6) is 0.892. The van der Waals surface area contributed by atoms with Crippen molar-refractivity contribution in [2.75, 3.05) is 0 Å². The van der Waals surface area contributed by atoms with Crippen LogP contribution in [-0.4, -0.2) is 18.7 Å². The van der Waals surface area contributed by atoms with Crippen molar-refractivity contribution in [3.05, 3.63) is 175 Å². The molecule has 0 radical (unpaired) electrons. The highest BCUT2D eigenvalue weighted by molar-refractivity contribution is 6.10. The first-order valence-electron chi connectivity index (χ1n) is 17.7. The van der Waals surface area contributed by atoms with E-state index in [1.54, 1.807) is 0 Å². The number of fused-ring (bicyclic) bond motifs is 9. The van der Waals surface area contributed by atoms with Gasteiger partial charge in [0.2, 0.25) is 0 Å². The predicted octanol–water partition coefficient (Wildman–Crippen LogP) is 11.8. The van der Waals surface area contributed by atoms with Gasteiger partial charge in [-0.1, -0.05) is 115 Å². The minimum atomic E-state index is 0.892. The fraction of sp³-hybridized carbons (Fsp3) is 0.0426. The highest BCUT2D eigenvalue weighted by Crippen LogP contribution is 2.38. The van der Waals surface area contributed by atoms with Crippen LogP contribution in [0.2, 0.25) is 0 Å². The van der Waals surface area contributed by atoms with Crippen LogP contribution in [-0.2, 0) is 6.42 Å². The third-order valence-corrected chi connectivity index (χ3v) is 10.7. The molecular weight excluding hydrogens is 621 g/mol. The standard InChI is InChI=1S/C47H32N4/c1-7-19-41-34(13-1)35-14-2-8-20-42(35)49(41)32-27-25-31(26-28-32)40-29-33(50-43-21-9-3-15-36(43)37-16-4-10-22-44(37)50)30-47(48-40)51-45-23-11-5-17-38(45)39-18-6-12-24-46(39)51/h1-7,9-19,21-30H,8,20H2. The van der Waals surface area contributed by atoms with Crippen molar-refractivity contribution >= 4 is 60.6 Å². The van der Waals surface area contributed by atoms with Gasteiger partial charge in [-0.15, -0.1) is 0 Å². The predicted molar refractivity (Wildman–Crippen MR) is 213 cm³/mol. The van der Waals surface area contributed by atoms with Crippen molar-refractivity contribution in [3.8, 4) is 28.5 Å². The third kappa shape index (κ3) is 4.17. The SMILES string of the molecule is C1=Cc2c(n(-c3ccc(-c4cc(-n5c6ccccc6c6ccccc65)cc(-n5c6ccccc6c6ccccc65)n4)cc3)c3ccccc23)CC1. The van der Waals surface area contributed by atoms with E-state index in [9.17, 15) is 0 Å². The number of nitrogens with zero attached hydrogens (tertiary/aromatic N) is 4. The molecule has 0 spiro atoms. The number of aromatic nitrogens is 4. The van der Waals surface area contributed by atoms with Crippen LogP contribution >= 0.6 is 0 Å². The largest absolute Gasteiger partial charge is 0.313 e. The molecule has 4 heteroatoms. The lowest BCUT2D eigenvalue weighted by Crippen LogP contribution is -2.04. The number of hydrogen-bond donors (Lipinski definition) is 0. The Hall–Kier alpha value is -6.65. The molecule has 0 N–H and O–H groups in total. The Bertz CT molecular complexity index is 2780. The smallest absolute Gasteiger partial charge is 0.140 e. The van der Waals surface area contributed by atoms with Gasteiger partial charge in [-0.05, 0) is 61.4 Å². The van der Waals surface area contributed by atoms with E-state index in [2.05, 4.69) is 184 Å². The second kappa shape index (κ2) is 10.9. The Labute approximate surface area is 294 Å². The summed E-state index contributed by atoms with van der Waals surface area (Å²) >= 11 is 0. The maximum absolute atomic E-state index is 5.46. The molecule has 240 valence electrons. The van der Waals surface area contributed by atoms with Gasteiger partial charge in [-0.25, -0.2) is 4.98 Å².